The van der Waals surface area contributed by atoms with Crippen molar-refractivity contribution in [3.05, 3.63) is 24.0 Å². The molecule has 1 N–H and O–H groups in total. The van der Waals surface area contributed by atoms with Crippen LogP contribution in [0.25, 0.3) is 0 Å². The minimum atomic E-state index is 0.0725. The zero-order valence-corrected chi connectivity index (χ0v) is 12.6. The molecule has 1 atom stereocenters. The number of nitrogens with one attached hydrogen (secondary N) is 1. The Morgan fingerprint density at radius 1 is 1.50 bits per heavy atom. The minimum absolute atomic E-state index is 0.0725. The topological polar surface area (TPSA) is 45.2 Å². The molecular weight excluding hydrogens is 250 g/mol. The lowest BCUT2D eigenvalue weighted by Gasteiger charge is -2.32. The zero-order chi connectivity index (χ0) is 14.4. The molecule has 1 aromatic heterocycles. The van der Waals surface area contributed by atoms with Crippen molar-refractivity contribution in [2.75, 3.05) is 25.0 Å². The van der Waals surface area contributed by atoms with Gasteiger partial charge in [0.1, 0.15) is 5.69 Å². The van der Waals surface area contributed by atoms with Crippen molar-refractivity contribution in [3.8, 4) is 0 Å². The number of rotatable bonds is 5. The Balaban J connectivity index is 2.04. The van der Waals surface area contributed by atoms with Gasteiger partial charge in [0, 0.05) is 31.5 Å². The average Bonchev–Trinajstić information content (AvgIpc) is 2.52. The molecule has 0 saturated carbocycles. The summed E-state index contributed by atoms with van der Waals surface area (Å²) in [6.07, 6.45) is 6.28. The van der Waals surface area contributed by atoms with E-state index in [4.69, 9.17) is 0 Å². The summed E-state index contributed by atoms with van der Waals surface area (Å²) in [5.74, 6) is 0.720. The van der Waals surface area contributed by atoms with E-state index in [1.165, 1.54) is 6.42 Å². The molecule has 1 aromatic rings. The SMILES string of the molecule is CCCNc1ccnc(C(=O)N2CCCC(CC)C2)c1. The Morgan fingerprint density at radius 2 is 2.35 bits per heavy atom. The first kappa shape index (κ1) is 14.8. The molecule has 0 spiro atoms. The van der Waals surface area contributed by atoms with Crippen molar-refractivity contribution < 1.29 is 4.79 Å². The molecule has 1 amide bonds. The van der Waals surface area contributed by atoms with E-state index in [9.17, 15) is 4.79 Å². The first-order valence-corrected chi connectivity index (χ1v) is 7.73. The van der Waals surface area contributed by atoms with Gasteiger partial charge in [-0.25, -0.2) is 0 Å². The maximum atomic E-state index is 12.5. The number of aromatic nitrogens is 1. The molecule has 4 nitrogen and oxygen atoms in total. The van der Waals surface area contributed by atoms with Crippen LogP contribution in [0.4, 0.5) is 5.69 Å². The van der Waals surface area contributed by atoms with Crippen molar-refractivity contribution in [2.45, 2.75) is 39.5 Å². The fourth-order valence-corrected chi connectivity index (χ4v) is 2.67. The Labute approximate surface area is 121 Å². The lowest BCUT2D eigenvalue weighted by Crippen LogP contribution is -2.40. The zero-order valence-electron chi connectivity index (χ0n) is 12.6. The lowest BCUT2D eigenvalue weighted by atomic mass is 9.95. The summed E-state index contributed by atoms with van der Waals surface area (Å²) in [5, 5.41) is 3.30. The third-order valence-electron chi connectivity index (χ3n) is 3.94. The normalized spacial score (nSPS) is 18.9. The van der Waals surface area contributed by atoms with Crippen LogP contribution in [-0.2, 0) is 0 Å². The molecule has 0 bridgehead atoms. The van der Waals surface area contributed by atoms with Crippen molar-refractivity contribution in [1.82, 2.24) is 9.88 Å². The van der Waals surface area contributed by atoms with E-state index < -0.39 is 0 Å². The van der Waals surface area contributed by atoms with Crippen molar-refractivity contribution in [1.29, 1.82) is 0 Å². The van der Waals surface area contributed by atoms with Gasteiger partial charge in [0.05, 0.1) is 0 Å². The van der Waals surface area contributed by atoms with E-state index in [1.54, 1.807) is 6.20 Å². The lowest BCUT2D eigenvalue weighted by molar-refractivity contribution is 0.0665. The highest BCUT2D eigenvalue weighted by Gasteiger charge is 2.24. The second kappa shape index (κ2) is 7.27. The molecule has 4 heteroatoms. The number of carbonyl (C=O) groups is 1. The number of nitrogens with zero attached hydrogens (tertiary/aromatic N) is 2. The molecule has 20 heavy (non-hydrogen) atoms. The molecule has 2 heterocycles. The van der Waals surface area contributed by atoms with Crippen LogP contribution < -0.4 is 5.32 Å². The number of pyridine rings is 1. The first-order chi connectivity index (χ1) is 9.74. The highest BCUT2D eigenvalue weighted by Crippen LogP contribution is 2.21. The summed E-state index contributed by atoms with van der Waals surface area (Å²) >= 11 is 0. The molecule has 1 aliphatic rings. The van der Waals surface area contributed by atoms with Crippen molar-refractivity contribution >= 4 is 11.6 Å². The van der Waals surface area contributed by atoms with Crippen molar-refractivity contribution in [3.63, 3.8) is 0 Å². The Bertz CT molecular complexity index is 447. The van der Waals surface area contributed by atoms with Crippen LogP contribution in [-0.4, -0.2) is 35.4 Å². The van der Waals surface area contributed by atoms with Gasteiger partial charge in [0.25, 0.3) is 5.91 Å². The van der Waals surface area contributed by atoms with Crippen LogP contribution in [0.2, 0.25) is 0 Å². The highest BCUT2D eigenvalue weighted by atomic mass is 16.2. The largest absolute Gasteiger partial charge is 0.385 e. The summed E-state index contributed by atoms with van der Waals surface area (Å²) in [5.41, 5.74) is 1.54. The van der Waals surface area contributed by atoms with E-state index in [0.29, 0.717) is 11.6 Å². The van der Waals surface area contributed by atoms with E-state index in [-0.39, 0.29) is 5.91 Å². The monoisotopic (exact) mass is 275 g/mol. The number of piperidine rings is 1. The number of amides is 1. The number of carbonyl (C=O) groups excluding carboxylic acids is 1. The Morgan fingerprint density at radius 3 is 3.10 bits per heavy atom. The molecule has 1 unspecified atom stereocenters. The first-order valence-electron chi connectivity index (χ1n) is 7.73. The predicted octanol–water partition coefficient (Wildman–Crippen LogP) is 3.17. The molecular formula is C16H25N3O. The molecule has 0 radical (unpaired) electrons. The second-order valence-corrected chi connectivity index (χ2v) is 5.52. The van der Waals surface area contributed by atoms with Crippen LogP contribution in [0.5, 0.6) is 0 Å². The van der Waals surface area contributed by atoms with E-state index >= 15 is 0 Å². The van der Waals surface area contributed by atoms with E-state index in [2.05, 4.69) is 24.1 Å². The van der Waals surface area contributed by atoms with Gasteiger partial charge in [0.15, 0.2) is 0 Å². The number of anilines is 1. The molecule has 0 aliphatic carbocycles. The average molecular weight is 275 g/mol. The number of likely N-dealkylation sites (tertiary alicyclic amines) is 1. The summed E-state index contributed by atoms with van der Waals surface area (Å²) in [6, 6.07) is 3.78. The molecule has 2 rings (SSSR count). The summed E-state index contributed by atoms with van der Waals surface area (Å²) < 4.78 is 0. The minimum Gasteiger partial charge on any atom is -0.385 e. The van der Waals surface area contributed by atoms with Gasteiger partial charge in [-0.15, -0.1) is 0 Å². The summed E-state index contributed by atoms with van der Waals surface area (Å²) in [4.78, 5) is 18.7. The van der Waals surface area contributed by atoms with Crippen LogP contribution in [0.3, 0.4) is 0 Å². The van der Waals surface area contributed by atoms with Crippen LogP contribution in [0.15, 0.2) is 18.3 Å². The molecule has 1 aliphatic heterocycles. The highest BCUT2D eigenvalue weighted by molar-refractivity contribution is 5.93. The summed E-state index contributed by atoms with van der Waals surface area (Å²) in [6.45, 7) is 6.98. The van der Waals surface area contributed by atoms with E-state index in [0.717, 1.165) is 44.6 Å². The van der Waals surface area contributed by atoms with Gasteiger partial charge in [-0.3, -0.25) is 9.78 Å². The van der Waals surface area contributed by atoms with Crippen LogP contribution >= 0.6 is 0 Å². The standard InChI is InChI=1S/C16H25N3O/c1-3-8-17-14-7-9-18-15(11-14)16(20)19-10-5-6-13(4-2)12-19/h7,9,11,13H,3-6,8,10,12H2,1-2H3,(H,17,18). The van der Waals surface area contributed by atoms with Gasteiger partial charge in [-0.2, -0.15) is 0 Å². The number of hydrogen-bond donors (Lipinski definition) is 1. The van der Waals surface area contributed by atoms with Gasteiger partial charge >= 0.3 is 0 Å². The third-order valence-corrected chi connectivity index (χ3v) is 3.94. The maximum Gasteiger partial charge on any atom is 0.272 e. The van der Waals surface area contributed by atoms with Crippen LogP contribution in [0.1, 0.15) is 50.0 Å². The van der Waals surface area contributed by atoms with Gasteiger partial charge in [-0.05, 0) is 37.3 Å². The predicted molar refractivity (Wildman–Crippen MR) is 81.9 cm³/mol. The molecule has 110 valence electrons. The quantitative estimate of drug-likeness (QED) is 0.897. The fraction of sp³-hybridized carbons (Fsp3) is 0.625. The Kier molecular flexibility index (Phi) is 5.39. The number of hydrogen-bond acceptors (Lipinski definition) is 3. The fourth-order valence-electron chi connectivity index (χ4n) is 2.67. The van der Waals surface area contributed by atoms with Gasteiger partial charge in [0.2, 0.25) is 0 Å². The van der Waals surface area contributed by atoms with Gasteiger partial charge < -0.3 is 10.2 Å². The Hall–Kier alpha value is -1.58. The van der Waals surface area contributed by atoms with Gasteiger partial charge in [-0.1, -0.05) is 20.3 Å². The third kappa shape index (κ3) is 3.71. The molecule has 0 aromatic carbocycles. The smallest absolute Gasteiger partial charge is 0.272 e. The molecule has 1 fully saturated rings. The van der Waals surface area contributed by atoms with E-state index in [1.807, 2.05) is 17.0 Å². The van der Waals surface area contributed by atoms with Crippen molar-refractivity contribution in [2.24, 2.45) is 5.92 Å². The second-order valence-electron chi connectivity index (χ2n) is 5.52. The summed E-state index contributed by atoms with van der Waals surface area (Å²) in [7, 11) is 0. The van der Waals surface area contributed by atoms with Crippen LogP contribution in [0, 0.1) is 5.92 Å². The maximum absolute atomic E-state index is 12.5. The molecule has 1 saturated heterocycles.